The number of nitrogens with one attached hydrogen (secondary N) is 1. The number of hydrogen-bond acceptors (Lipinski definition) is 6. The van der Waals surface area contributed by atoms with Crippen molar-refractivity contribution in [3.05, 3.63) is 69.0 Å². The van der Waals surface area contributed by atoms with Crippen LogP contribution in [-0.4, -0.2) is 45.1 Å². The van der Waals surface area contributed by atoms with Gasteiger partial charge in [0.05, 0.1) is 9.99 Å². The molecule has 0 radical (unpaired) electrons. The van der Waals surface area contributed by atoms with E-state index in [1.807, 2.05) is 27.6 Å². The van der Waals surface area contributed by atoms with Crippen molar-refractivity contribution in [1.82, 2.24) is 9.55 Å². The SMILES string of the molecule is CO[C@]1(CI)O[C@@H](n2ccc(=O)[nH]c2=O)[C@H](F)[C@@H]1OC(=O)c1ccccc1. The molecule has 0 bridgehead atoms. The van der Waals surface area contributed by atoms with Gasteiger partial charge in [0.15, 0.2) is 18.5 Å². The van der Waals surface area contributed by atoms with Crippen LogP contribution in [0.25, 0.3) is 0 Å². The summed E-state index contributed by atoms with van der Waals surface area (Å²) in [5, 5.41) is 0. The lowest BCUT2D eigenvalue weighted by Gasteiger charge is -2.30. The van der Waals surface area contributed by atoms with E-state index in [9.17, 15) is 14.4 Å². The number of hydrogen-bond donors (Lipinski definition) is 1. The molecule has 0 unspecified atom stereocenters. The van der Waals surface area contributed by atoms with Gasteiger partial charge in [0, 0.05) is 19.4 Å². The Kier molecular flexibility index (Phi) is 5.77. The fraction of sp³-hybridized carbons (Fsp3) is 0.353. The minimum absolute atomic E-state index is 0.128. The zero-order valence-electron chi connectivity index (χ0n) is 14.1. The Balaban J connectivity index is 1.95. The number of H-pyrrole nitrogens is 1. The largest absolute Gasteiger partial charge is 0.450 e. The molecular formula is C17H16FIN2O6. The van der Waals surface area contributed by atoms with Crippen molar-refractivity contribution in [2.24, 2.45) is 0 Å². The Morgan fingerprint density at radius 2 is 2.04 bits per heavy atom. The number of rotatable bonds is 5. The molecule has 1 aliphatic heterocycles. The molecule has 10 heteroatoms. The fourth-order valence-electron chi connectivity index (χ4n) is 2.81. The summed E-state index contributed by atoms with van der Waals surface area (Å²) in [6.45, 7) is 0. The number of halogens is 2. The summed E-state index contributed by atoms with van der Waals surface area (Å²) in [4.78, 5) is 37.7. The summed E-state index contributed by atoms with van der Waals surface area (Å²) < 4.78 is 32.6. The molecule has 1 N–H and O–H groups in total. The number of aromatic nitrogens is 2. The first-order chi connectivity index (χ1) is 12.9. The van der Waals surface area contributed by atoms with Crippen LogP contribution >= 0.6 is 22.6 Å². The summed E-state index contributed by atoms with van der Waals surface area (Å²) in [5.74, 6) is -2.34. The Morgan fingerprint density at radius 1 is 1.33 bits per heavy atom. The lowest BCUT2D eigenvalue weighted by molar-refractivity contribution is -0.236. The van der Waals surface area contributed by atoms with Gasteiger partial charge in [0.1, 0.15) is 0 Å². The topological polar surface area (TPSA) is 99.6 Å². The van der Waals surface area contributed by atoms with E-state index in [0.717, 1.165) is 16.8 Å². The van der Waals surface area contributed by atoms with E-state index < -0.39 is 41.5 Å². The summed E-state index contributed by atoms with van der Waals surface area (Å²) >= 11 is 1.92. The summed E-state index contributed by atoms with van der Waals surface area (Å²) in [7, 11) is 1.30. The first-order valence-electron chi connectivity index (χ1n) is 7.92. The highest BCUT2D eigenvalue weighted by molar-refractivity contribution is 14.1. The second kappa shape index (κ2) is 7.90. The average molecular weight is 490 g/mol. The second-order valence-corrected chi connectivity index (χ2v) is 6.57. The molecule has 0 aliphatic carbocycles. The van der Waals surface area contributed by atoms with Gasteiger partial charge in [-0.05, 0) is 12.1 Å². The van der Waals surface area contributed by atoms with Crippen LogP contribution in [0.3, 0.4) is 0 Å². The molecule has 1 saturated heterocycles. The third-order valence-corrected chi connectivity index (χ3v) is 5.28. The van der Waals surface area contributed by atoms with Gasteiger partial charge in [-0.15, -0.1) is 0 Å². The van der Waals surface area contributed by atoms with Crippen molar-refractivity contribution in [3.8, 4) is 0 Å². The number of methoxy groups -OCH3 is 1. The Hall–Kier alpha value is -2.05. The van der Waals surface area contributed by atoms with Crippen molar-refractivity contribution in [1.29, 1.82) is 0 Å². The van der Waals surface area contributed by atoms with Gasteiger partial charge in [-0.25, -0.2) is 14.0 Å². The Morgan fingerprint density at radius 3 is 2.63 bits per heavy atom. The van der Waals surface area contributed by atoms with E-state index in [1.54, 1.807) is 18.2 Å². The highest BCUT2D eigenvalue weighted by Gasteiger charge is 2.59. The molecule has 1 aromatic carbocycles. The van der Waals surface area contributed by atoms with Gasteiger partial charge in [0.25, 0.3) is 5.56 Å². The lowest BCUT2D eigenvalue weighted by Crippen LogP contribution is -2.48. The van der Waals surface area contributed by atoms with Gasteiger partial charge in [-0.3, -0.25) is 14.3 Å². The molecule has 27 heavy (non-hydrogen) atoms. The van der Waals surface area contributed by atoms with Crippen LogP contribution in [0.2, 0.25) is 0 Å². The van der Waals surface area contributed by atoms with Gasteiger partial charge >= 0.3 is 11.7 Å². The van der Waals surface area contributed by atoms with Crippen LogP contribution in [0.4, 0.5) is 4.39 Å². The zero-order valence-corrected chi connectivity index (χ0v) is 16.3. The molecule has 8 nitrogen and oxygen atoms in total. The minimum atomic E-state index is -1.91. The van der Waals surface area contributed by atoms with E-state index in [2.05, 4.69) is 0 Å². The number of ether oxygens (including phenoxy) is 3. The first-order valence-corrected chi connectivity index (χ1v) is 9.45. The van der Waals surface area contributed by atoms with E-state index in [-0.39, 0.29) is 9.99 Å². The molecule has 0 saturated carbocycles. The van der Waals surface area contributed by atoms with Gasteiger partial charge in [0.2, 0.25) is 5.79 Å². The Bertz CT molecular complexity index is 927. The third kappa shape index (κ3) is 3.69. The maximum absolute atomic E-state index is 15.2. The number of esters is 1. The molecule has 1 aliphatic rings. The van der Waals surface area contributed by atoms with Crippen LogP contribution in [0.5, 0.6) is 0 Å². The average Bonchev–Trinajstić information content (AvgIpc) is 2.95. The van der Waals surface area contributed by atoms with E-state index in [0.29, 0.717) is 0 Å². The lowest BCUT2D eigenvalue weighted by atomic mass is 10.1. The van der Waals surface area contributed by atoms with Crippen molar-refractivity contribution in [2.45, 2.75) is 24.3 Å². The number of alkyl halides is 2. The summed E-state index contributed by atoms with van der Waals surface area (Å²) in [6.07, 6.45) is -3.64. The predicted octanol–water partition coefficient (Wildman–Crippen LogP) is 1.41. The minimum Gasteiger partial charge on any atom is -0.450 e. The number of aromatic amines is 1. The van der Waals surface area contributed by atoms with Crippen LogP contribution in [0.15, 0.2) is 52.2 Å². The first kappa shape index (κ1) is 19.7. The van der Waals surface area contributed by atoms with Crippen LogP contribution in [0, 0.1) is 0 Å². The molecule has 0 amide bonds. The summed E-state index contributed by atoms with van der Waals surface area (Å²) in [5.41, 5.74) is -1.22. The van der Waals surface area contributed by atoms with E-state index in [4.69, 9.17) is 14.2 Å². The summed E-state index contributed by atoms with van der Waals surface area (Å²) in [6, 6.07) is 9.18. The number of nitrogens with zero attached hydrogens (tertiary/aromatic N) is 1. The molecule has 2 aromatic rings. The molecule has 4 atom stereocenters. The van der Waals surface area contributed by atoms with Crippen molar-refractivity contribution in [2.75, 3.05) is 11.5 Å². The molecule has 1 fully saturated rings. The van der Waals surface area contributed by atoms with E-state index in [1.165, 1.54) is 19.2 Å². The maximum atomic E-state index is 15.2. The highest BCUT2D eigenvalue weighted by atomic mass is 127. The predicted molar refractivity (Wildman–Crippen MR) is 101 cm³/mol. The van der Waals surface area contributed by atoms with Crippen LogP contribution in [-0.2, 0) is 14.2 Å². The second-order valence-electron chi connectivity index (χ2n) is 5.81. The monoisotopic (exact) mass is 490 g/mol. The fourth-order valence-corrected chi connectivity index (χ4v) is 3.73. The zero-order chi connectivity index (χ0) is 19.6. The molecule has 3 rings (SSSR count). The maximum Gasteiger partial charge on any atom is 0.338 e. The molecule has 0 spiro atoms. The molecule has 2 heterocycles. The van der Waals surface area contributed by atoms with Gasteiger partial charge < -0.3 is 14.2 Å². The van der Waals surface area contributed by atoms with Crippen LogP contribution < -0.4 is 11.2 Å². The van der Waals surface area contributed by atoms with Crippen molar-refractivity contribution < 1.29 is 23.4 Å². The number of benzene rings is 1. The van der Waals surface area contributed by atoms with Crippen LogP contribution in [0.1, 0.15) is 16.6 Å². The highest BCUT2D eigenvalue weighted by Crippen LogP contribution is 2.42. The van der Waals surface area contributed by atoms with E-state index >= 15 is 4.39 Å². The number of carbonyl (C=O) groups is 1. The van der Waals surface area contributed by atoms with Gasteiger partial charge in [-0.2, -0.15) is 0 Å². The van der Waals surface area contributed by atoms with Crippen molar-refractivity contribution >= 4 is 28.6 Å². The Labute approximate surface area is 166 Å². The standard InChI is InChI=1S/C17H16FIN2O6/c1-25-17(9-19)13(26-15(23)10-5-3-2-4-6-10)12(18)14(27-17)21-8-7-11(22)20-16(21)24/h2-8,12-14H,9H2,1H3,(H,20,22,24)/t12-,13+,14-,17-/m1/s1. The van der Waals surface area contributed by atoms with Gasteiger partial charge in [-0.1, -0.05) is 40.8 Å². The quantitative estimate of drug-likeness (QED) is 0.387. The molecule has 144 valence electrons. The molecular weight excluding hydrogens is 474 g/mol. The van der Waals surface area contributed by atoms with Crippen molar-refractivity contribution in [3.63, 3.8) is 0 Å². The third-order valence-electron chi connectivity index (χ3n) is 4.22. The normalized spacial score (nSPS) is 27.4. The number of carbonyl (C=O) groups excluding carboxylic acids is 1. The molecule has 1 aromatic heterocycles. The smallest absolute Gasteiger partial charge is 0.338 e.